The highest BCUT2D eigenvalue weighted by Crippen LogP contribution is 2.22. The van der Waals surface area contributed by atoms with E-state index in [2.05, 4.69) is 64.4 Å². The van der Waals surface area contributed by atoms with Crippen molar-refractivity contribution >= 4 is 11.6 Å². The number of allylic oxidation sites excluding steroid dienone is 4. The molecule has 0 heterocycles. The van der Waals surface area contributed by atoms with Crippen LogP contribution in [0.1, 0.15) is 67.7 Å². The van der Waals surface area contributed by atoms with Crippen LogP contribution in [-0.4, -0.2) is 29.0 Å². The Balaban J connectivity index is 0.000000639. The van der Waals surface area contributed by atoms with Gasteiger partial charge in [-0.1, -0.05) is 39.5 Å². The summed E-state index contributed by atoms with van der Waals surface area (Å²) in [5.41, 5.74) is 4.40. The Kier molecular flexibility index (Phi) is 14.0. The molecular weight excluding hydrogens is 391 g/mol. The third-order valence-electron chi connectivity index (χ3n) is 4.77. The zero-order valence-corrected chi connectivity index (χ0v) is 20.4. The van der Waals surface area contributed by atoms with E-state index in [1.54, 1.807) is 0 Å². The summed E-state index contributed by atoms with van der Waals surface area (Å²) in [4.78, 5) is 13.1. The van der Waals surface area contributed by atoms with Crippen LogP contribution in [0.25, 0.3) is 0 Å². The zero-order valence-electron chi connectivity index (χ0n) is 20.4. The first-order valence-corrected chi connectivity index (χ1v) is 11.0. The van der Waals surface area contributed by atoms with Crippen LogP contribution in [0.4, 0.5) is 10.1 Å². The van der Waals surface area contributed by atoms with E-state index in [0.717, 1.165) is 31.1 Å². The molecule has 0 unspecified atom stereocenters. The lowest BCUT2D eigenvalue weighted by atomic mass is 10.0. The van der Waals surface area contributed by atoms with Gasteiger partial charge in [-0.05, 0) is 69.2 Å². The number of phenolic OH excluding ortho intramolecular Hbond substituents is 1. The maximum atomic E-state index is 12.5. The van der Waals surface area contributed by atoms with Crippen LogP contribution < -0.4 is 5.32 Å². The maximum Gasteiger partial charge on any atom is 0.221 e. The van der Waals surface area contributed by atoms with Crippen molar-refractivity contribution in [2.75, 3.05) is 18.4 Å². The molecule has 1 amide bonds. The van der Waals surface area contributed by atoms with Crippen molar-refractivity contribution in [1.29, 1.82) is 0 Å². The van der Waals surface area contributed by atoms with Crippen molar-refractivity contribution in [3.05, 3.63) is 59.6 Å². The minimum Gasteiger partial charge on any atom is -0.505 e. The minimum absolute atomic E-state index is 0.263. The Bertz CT molecular complexity index is 767. The van der Waals surface area contributed by atoms with Gasteiger partial charge in [0, 0.05) is 37.5 Å². The first-order chi connectivity index (χ1) is 14.6. The molecule has 0 bridgehead atoms. The summed E-state index contributed by atoms with van der Waals surface area (Å²) in [7, 11) is 0. The number of anilines is 1. The Morgan fingerprint density at radius 1 is 1.26 bits per heavy atom. The summed E-state index contributed by atoms with van der Waals surface area (Å²) in [5.74, 6) is -0.648. The molecule has 0 spiro atoms. The fourth-order valence-electron chi connectivity index (χ4n) is 3.13. The van der Waals surface area contributed by atoms with E-state index in [0.29, 0.717) is 5.69 Å². The third-order valence-corrected chi connectivity index (χ3v) is 4.77. The van der Waals surface area contributed by atoms with Crippen LogP contribution >= 0.6 is 0 Å². The normalized spacial score (nSPS) is 12.0. The van der Waals surface area contributed by atoms with Crippen molar-refractivity contribution in [3.8, 4) is 5.75 Å². The van der Waals surface area contributed by atoms with Gasteiger partial charge in [-0.15, -0.1) is 0 Å². The van der Waals surface area contributed by atoms with Crippen LogP contribution in [0.15, 0.2) is 53.8 Å². The minimum atomic E-state index is -0.705. The number of phenols is 1. The van der Waals surface area contributed by atoms with Gasteiger partial charge in [0.25, 0.3) is 0 Å². The Labute approximate surface area is 188 Å². The fraction of sp³-hybridized carbons (Fsp3) is 0.500. The van der Waals surface area contributed by atoms with Gasteiger partial charge < -0.3 is 15.3 Å². The first-order valence-electron chi connectivity index (χ1n) is 11.0. The molecule has 0 aliphatic rings. The van der Waals surface area contributed by atoms with E-state index in [1.165, 1.54) is 49.1 Å². The summed E-state index contributed by atoms with van der Waals surface area (Å²) in [6.07, 6.45) is 7.94. The number of nitrogens with one attached hydrogen (secondary N) is 1. The lowest BCUT2D eigenvalue weighted by Gasteiger charge is -2.29. The average Bonchev–Trinajstić information content (AvgIpc) is 2.70. The molecule has 1 aromatic rings. The van der Waals surface area contributed by atoms with E-state index < -0.39 is 11.6 Å². The second-order valence-corrected chi connectivity index (χ2v) is 8.08. The number of hydrogen-bond donors (Lipinski definition) is 2. The van der Waals surface area contributed by atoms with E-state index in [9.17, 15) is 9.18 Å². The van der Waals surface area contributed by atoms with E-state index >= 15 is 0 Å². The average molecular weight is 433 g/mol. The second kappa shape index (κ2) is 15.3. The molecular formula is C26H41FN2O2. The monoisotopic (exact) mass is 432 g/mol. The van der Waals surface area contributed by atoms with Gasteiger partial charge >= 0.3 is 0 Å². The zero-order chi connectivity index (χ0) is 24.0. The lowest BCUT2D eigenvalue weighted by Crippen LogP contribution is -2.27. The van der Waals surface area contributed by atoms with Gasteiger partial charge in [0.2, 0.25) is 5.91 Å². The van der Waals surface area contributed by atoms with Crippen LogP contribution in [0.2, 0.25) is 0 Å². The smallest absolute Gasteiger partial charge is 0.221 e. The predicted molar refractivity (Wildman–Crippen MR) is 131 cm³/mol. The largest absolute Gasteiger partial charge is 0.505 e. The highest BCUT2D eigenvalue weighted by Gasteiger charge is 2.12. The molecule has 0 atom stereocenters. The summed E-state index contributed by atoms with van der Waals surface area (Å²) >= 11 is 0. The Morgan fingerprint density at radius 2 is 1.90 bits per heavy atom. The molecule has 0 radical (unpaired) electrons. The van der Waals surface area contributed by atoms with Gasteiger partial charge in [-0.3, -0.25) is 4.79 Å². The van der Waals surface area contributed by atoms with Gasteiger partial charge in [0.15, 0.2) is 11.6 Å². The second-order valence-electron chi connectivity index (χ2n) is 8.08. The molecule has 1 rings (SSSR count). The summed E-state index contributed by atoms with van der Waals surface area (Å²) in [6, 6.07) is 3.60. The van der Waals surface area contributed by atoms with Crippen molar-refractivity contribution in [3.63, 3.8) is 0 Å². The number of aromatic hydroxyl groups is 1. The number of benzene rings is 1. The van der Waals surface area contributed by atoms with Crippen molar-refractivity contribution in [1.82, 2.24) is 4.90 Å². The van der Waals surface area contributed by atoms with Crippen molar-refractivity contribution < 1.29 is 14.3 Å². The molecule has 2 N–H and O–H groups in total. The topological polar surface area (TPSA) is 52.6 Å². The van der Waals surface area contributed by atoms with Gasteiger partial charge in [0.05, 0.1) is 0 Å². The molecule has 0 saturated carbocycles. The number of hydrogen-bond acceptors (Lipinski definition) is 3. The Hall–Kier alpha value is -2.56. The quantitative estimate of drug-likeness (QED) is 0.389. The SMILES string of the molecule is C=C/C(C)=C(\C(C)=C/C)N(CCC)CCCC(C)C.CC(=O)Nc1ccc(F)c(O)c1. The summed E-state index contributed by atoms with van der Waals surface area (Å²) in [6.45, 7) is 20.9. The molecule has 4 nitrogen and oxygen atoms in total. The number of rotatable bonds is 10. The predicted octanol–water partition coefficient (Wildman–Crippen LogP) is 7.05. The molecule has 0 fully saturated rings. The number of nitrogens with zero attached hydrogens (tertiary/aromatic N) is 1. The molecule has 1 aromatic carbocycles. The van der Waals surface area contributed by atoms with Crippen LogP contribution in [0, 0.1) is 11.7 Å². The fourth-order valence-corrected chi connectivity index (χ4v) is 3.13. The lowest BCUT2D eigenvalue weighted by molar-refractivity contribution is -0.114. The maximum absolute atomic E-state index is 12.5. The molecule has 31 heavy (non-hydrogen) atoms. The Morgan fingerprint density at radius 3 is 2.35 bits per heavy atom. The van der Waals surface area contributed by atoms with E-state index in [1.807, 2.05) is 6.08 Å². The molecule has 0 aliphatic carbocycles. The highest BCUT2D eigenvalue weighted by molar-refractivity contribution is 5.88. The molecule has 0 saturated heterocycles. The molecule has 174 valence electrons. The summed E-state index contributed by atoms with van der Waals surface area (Å²) in [5, 5.41) is 11.3. The van der Waals surface area contributed by atoms with E-state index in [4.69, 9.17) is 5.11 Å². The number of carbonyl (C=O) groups excluding carboxylic acids is 1. The standard InChI is InChI=1S/C18H33N.C8H8FNO2/c1-8-13-19(14-11-12-15(4)5)18(16(6)9-2)17(7)10-3;1-5(11)10-6-2-3-7(9)8(12)4-6/h9-10,15H,2,8,11-14H2,1,3-7H3;2-4,12H,1H3,(H,10,11)/b17-10-,18-16+;. The molecule has 0 aliphatic heterocycles. The van der Waals surface area contributed by atoms with Gasteiger partial charge in [-0.25, -0.2) is 4.39 Å². The van der Waals surface area contributed by atoms with E-state index in [-0.39, 0.29) is 5.91 Å². The third kappa shape index (κ3) is 11.4. The number of carbonyl (C=O) groups is 1. The highest BCUT2D eigenvalue weighted by atomic mass is 19.1. The van der Waals surface area contributed by atoms with Crippen LogP contribution in [0.5, 0.6) is 5.75 Å². The first kappa shape index (κ1) is 28.4. The van der Waals surface area contributed by atoms with Crippen LogP contribution in [-0.2, 0) is 4.79 Å². The summed E-state index contributed by atoms with van der Waals surface area (Å²) < 4.78 is 12.5. The van der Waals surface area contributed by atoms with Gasteiger partial charge in [0.1, 0.15) is 0 Å². The number of amides is 1. The van der Waals surface area contributed by atoms with Gasteiger partial charge in [-0.2, -0.15) is 0 Å². The number of halogens is 1. The van der Waals surface area contributed by atoms with Crippen LogP contribution in [0.3, 0.4) is 0 Å². The van der Waals surface area contributed by atoms with Crippen molar-refractivity contribution in [2.24, 2.45) is 5.92 Å². The molecule has 5 heteroatoms. The van der Waals surface area contributed by atoms with Crippen molar-refractivity contribution in [2.45, 2.75) is 67.7 Å². The molecule has 0 aromatic heterocycles.